The molecule has 0 unspecified atom stereocenters. The lowest BCUT2D eigenvalue weighted by molar-refractivity contribution is -0.133. The minimum atomic E-state index is -0.240. The van der Waals surface area contributed by atoms with Crippen LogP contribution in [-0.4, -0.2) is 53.7 Å². The number of hydrogen-bond donors (Lipinski definition) is 0. The molecular formula is C22H23FN4O3. The lowest BCUT2D eigenvalue weighted by Crippen LogP contribution is -2.50. The highest BCUT2D eigenvalue weighted by atomic mass is 19.1. The summed E-state index contributed by atoms with van der Waals surface area (Å²) in [5, 5.41) is 3.88. The quantitative estimate of drug-likeness (QED) is 0.622. The molecule has 30 heavy (non-hydrogen) atoms. The third kappa shape index (κ3) is 4.42. The molecule has 1 fully saturated rings. The summed E-state index contributed by atoms with van der Waals surface area (Å²) in [5.41, 5.74) is 1.37. The topological polar surface area (TPSA) is 71.7 Å². The number of anilines is 1. The third-order valence-electron chi connectivity index (χ3n) is 5.07. The van der Waals surface area contributed by atoms with Gasteiger partial charge in [-0.1, -0.05) is 24.2 Å². The van der Waals surface area contributed by atoms with Crippen LogP contribution in [0.2, 0.25) is 0 Å². The number of aryl methyl sites for hydroxylation is 1. The average Bonchev–Trinajstić information content (AvgIpc) is 3.28. The highest BCUT2D eigenvalue weighted by Crippen LogP contribution is 2.22. The molecule has 1 aliphatic rings. The van der Waals surface area contributed by atoms with Crippen LogP contribution in [-0.2, 0) is 11.2 Å². The Morgan fingerprint density at radius 2 is 1.83 bits per heavy atom. The molecule has 156 valence electrons. The summed E-state index contributed by atoms with van der Waals surface area (Å²) in [6.45, 7) is 4.16. The Labute approximate surface area is 174 Å². The summed E-state index contributed by atoms with van der Waals surface area (Å²) in [4.78, 5) is 20.5. The van der Waals surface area contributed by atoms with E-state index in [-0.39, 0.29) is 18.3 Å². The molecule has 7 nitrogen and oxygen atoms in total. The lowest BCUT2D eigenvalue weighted by atomic mass is 10.2. The Hall–Kier alpha value is -3.42. The maximum atomic E-state index is 13.9. The van der Waals surface area contributed by atoms with E-state index < -0.39 is 0 Å². The van der Waals surface area contributed by atoms with Crippen LogP contribution in [0.5, 0.6) is 5.75 Å². The third-order valence-corrected chi connectivity index (χ3v) is 5.07. The van der Waals surface area contributed by atoms with E-state index in [9.17, 15) is 9.18 Å². The van der Waals surface area contributed by atoms with Gasteiger partial charge in [-0.2, -0.15) is 4.98 Å². The first-order valence-corrected chi connectivity index (χ1v) is 9.97. The molecule has 0 bridgehead atoms. The maximum Gasteiger partial charge on any atom is 0.260 e. The fourth-order valence-corrected chi connectivity index (χ4v) is 3.35. The van der Waals surface area contributed by atoms with E-state index in [2.05, 4.69) is 10.1 Å². The van der Waals surface area contributed by atoms with Crippen molar-refractivity contribution in [1.29, 1.82) is 0 Å². The van der Waals surface area contributed by atoms with E-state index in [1.165, 1.54) is 6.07 Å². The molecule has 1 aliphatic heterocycles. The molecular weight excluding hydrogens is 387 g/mol. The van der Waals surface area contributed by atoms with Crippen molar-refractivity contribution < 1.29 is 18.4 Å². The summed E-state index contributed by atoms with van der Waals surface area (Å²) in [6.07, 6.45) is 0.710. The zero-order valence-electron chi connectivity index (χ0n) is 16.8. The molecule has 4 rings (SSSR count). The minimum Gasteiger partial charge on any atom is -0.484 e. The summed E-state index contributed by atoms with van der Waals surface area (Å²) >= 11 is 0. The van der Waals surface area contributed by atoms with Crippen molar-refractivity contribution in [1.82, 2.24) is 15.0 Å². The highest BCUT2D eigenvalue weighted by Gasteiger charge is 2.23. The monoisotopic (exact) mass is 410 g/mol. The van der Waals surface area contributed by atoms with E-state index in [0.717, 1.165) is 5.56 Å². The van der Waals surface area contributed by atoms with Crippen LogP contribution >= 0.6 is 0 Å². The largest absolute Gasteiger partial charge is 0.484 e. The van der Waals surface area contributed by atoms with Crippen molar-refractivity contribution in [3.63, 3.8) is 0 Å². The zero-order valence-corrected chi connectivity index (χ0v) is 16.8. The van der Waals surface area contributed by atoms with Gasteiger partial charge in [0.1, 0.15) is 11.6 Å². The van der Waals surface area contributed by atoms with Crippen LogP contribution in [0, 0.1) is 5.82 Å². The van der Waals surface area contributed by atoms with Crippen LogP contribution < -0.4 is 9.64 Å². The molecule has 2 heterocycles. The Bertz CT molecular complexity index is 998. The number of benzene rings is 2. The molecule has 0 atom stereocenters. The molecule has 1 aromatic heterocycles. The Kier molecular flexibility index (Phi) is 5.92. The number of amides is 1. The van der Waals surface area contributed by atoms with E-state index in [1.54, 1.807) is 29.2 Å². The van der Waals surface area contributed by atoms with Gasteiger partial charge in [0.25, 0.3) is 11.8 Å². The molecule has 0 N–H and O–H groups in total. The molecule has 8 heteroatoms. The van der Waals surface area contributed by atoms with Crippen LogP contribution in [0.4, 0.5) is 10.1 Å². The Balaban J connectivity index is 1.27. The van der Waals surface area contributed by atoms with Crippen LogP contribution in [0.3, 0.4) is 0 Å². The van der Waals surface area contributed by atoms with Crippen LogP contribution in [0.25, 0.3) is 11.5 Å². The normalized spacial score (nSPS) is 14.1. The standard InChI is InChI=1S/C22H23FN4O3/c1-2-20-24-22(30-25-20)16-7-9-17(10-8-16)29-15-21(28)27-13-11-26(12-14-27)19-6-4-3-5-18(19)23/h3-10H,2,11-15H2,1H3. The number of piperazine rings is 1. The first kappa shape index (κ1) is 19.9. The summed E-state index contributed by atoms with van der Waals surface area (Å²) in [6, 6.07) is 13.9. The zero-order chi connectivity index (χ0) is 20.9. The van der Waals surface area contributed by atoms with Gasteiger partial charge in [-0.15, -0.1) is 0 Å². The van der Waals surface area contributed by atoms with Gasteiger partial charge in [0.05, 0.1) is 5.69 Å². The minimum absolute atomic E-state index is 0.0421. The molecule has 0 spiro atoms. The van der Waals surface area contributed by atoms with Gasteiger partial charge in [-0.3, -0.25) is 4.79 Å². The van der Waals surface area contributed by atoms with Gasteiger partial charge in [0.15, 0.2) is 12.4 Å². The fraction of sp³-hybridized carbons (Fsp3) is 0.318. The molecule has 3 aromatic rings. The number of rotatable bonds is 6. The first-order chi connectivity index (χ1) is 14.6. The van der Waals surface area contributed by atoms with Gasteiger partial charge >= 0.3 is 0 Å². The number of aromatic nitrogens is 2. The van der Waals surface area contributed by atoms with Crippen molar-refractivity contribution in [3.05, 3.63) is 60.2 Å². The van der Waals surface area contributed by atoms with Crippen LogP contribution in [0.15, 0.2) is 53.1 Å². The fourth-order valence-electron chi connectivity index (χ4n) is 3.35. The molecule has 1 saturated heterocycles. The molecule has 1 amide bonds. The Morgan fingerprint density at radius 3 is 2.50 bits per heavy atom. The average molecular weight is 410 g/mol. The molecule has 2 aromatic carbocycles. The number of hydrogen-bond acceptors (Lipinski definition) is 6. The van der Waals surface area contributed by atoms with Crippen molar-refractivity contribution in [2.24, 2.45) is 0 Å². The number of ether oxygens (including phenoxy) is 1. The number of carbonyl (C=O) groups excluding carboxylic acids is 1. The van der Waals surface area contributed by atoms with Crippen molar-refractivity contribution in [2.45, 2.75) is 13.3 Å². The summed E-state index contributed by atoms with van der Waals surface area (Å²) in [5.74, 6) is 1.38. The SMILES string of the molecule is CCc1noc(-c2ccc(OCC(=O)N3CCN(c4ccccc4F)CC3)cc2)n1. The van der Waals surface area contributed by atoms with Crippen molar-refractivity contribution in [2.75, 3.05) is 37.7 Å². The van der Waals surface area contributed by atoms with E-state index >= 15 is 0 Å². The van der Waals surface area contributed by atoms with Crippen molar-refractivity contribution in [3.8, 4) is 17.2 Å². The van der Waals surface area contributed by atoms with Gasteiger partial charge < -0.3 is 19.1 Å². The van der Waals surface area contributed by atoms with Gasteiger partial charge in [-0.05, 0) is 36.4 Å². The predicted octanol–water partition coefficient (Wildman–Crippen LogP) is 3.17. The number of carbonyl (C=O) groups is 1. The summed E-state index contributed by atoms with van der Waals surface area (Å²) in [7, 11) is 0. The summed E-state index contributed by atoms with van der Waals surface area (Å²) < 4.78 is 24.8. The van der Waals surface area contributed by atoms with Gasteiger partial charge in [-0.25, -0.2) is 4.39 Å². The maximum absolute atomic E-state index is 13.9. The second-order valence-electron chi connectivity index (χ2n) is 7.00. The van der Waals surface area contributed by atoms with E-state index in [0.29, 0.717) is 55.8 Å². The molecule has 0 radical (unpaired) electrons. The highest BCUT2D eigenvalue weighted by molar-refractivity contribution is 5.78. The van der Waals surface area contributed by atoms with Crippen molar-refractivity contribution >= 4 is 11.6 Å². The van der Waals surface area contributed by atoms with E-state index in [1.807, 2.05) is 30.0 Å². The predicted molar refractivity (Wildman–Crippen MR) is 110 cm³/mol. The lowest BCUT2D eigenvalue weighted by Gasteiger charge is -2.36. The smallest absolute Gasteiger partial charge is 0.260 e. The second kappa shape index (κ2) is 8.94. The van der Waals surface area contributed by atoms with E-state index in [4.69, 9.17) is 9.26 Å². The van der Waals surface area contributed by atoms with Crippen LogP contribution in [0.1, 0.15) is 12.7 Å². The second-order valence-corrected chi connectivity index (χ2v) is 7.00. The first-order valence-electron chi connectivity index (χ1n) is 9.97. The molecule has 0 saturated carbocycles. The van der Waals surface area contributed by atoms with Gasteiger partial charge in [0.2, 0.25) is 0 Å². The number of halogens is 1. The number of nitrogens with zero attached hydrogens (tertiary/aromatic N) is 4. The number of para-hydroxylation sites is 1. The Morgan fingerprint density at radius 1 is 1.10 bits per heavy atom. The molecule has 0 aliphatic carbocycles. The van der Waals surface area contributed by atoms with Gasteiger partial charge in [0, 0.05) is 38.2 Å².